The van der Waals surface area contributed by atoms with Crippen molar-refractivity contribution < 1.29 is 13.9 Å². The van der Waals surface area contributed by atoms with Crippen molar-refractivity contribution in [3.63, 3.8) is 0 Å². The number of hydrogen-bond acceptors (Lipinski definition) is 4. The molecule has 4 heteroatoms. The number of nitrogens with zero attached hydrogens (tertiary/aromatic N) is 1. The third-order valence-electron chi connectivity index (χ3n) is 0.976. The van der Waals surface area contributed by atoms with Gasteiger partial charge >= 0.3 is 5.97 Å². The number of carbonyl (C=O) groups excluding carboxylic acids is 1. The Morgan fingerprint density at radius 1 is 1.73 bits per heavy atom. The van der Waals surface area contributed by atoms with E-state index in [4.69, 9.17) is 9.15 Å². The quantitative estimate of drug-likeness (QED) is 0.603. The van der Waals surface area contributed by atoms with Gasteiger partial charge in [0.1, 0.15) is 0 Å². The maximum Gasteiger partial charge on any atom is 0.376 e. The molecule has 11 heavy (non-hydrogen) atoms. The summed E-state index contributed by atoms with van der Waals surface area (Å²) in [4.78, 5) is 14.5. The van der Waals surface area contributed by atoms with Crippen LogP contribution in [0.25, 0.3) is 0 Å². The molecule has 0 bridgehead atoms. The van der Waals surface area contributed by atoms with E-state index in [9.17, 15) is 4.79 Å². The highest BCUT2D eigenvalue weighted by atomic mass is 16.6. The van der Waals surface area contributed by atoms with E-state index < -0.39 is 5.97 Å². The standard InChI is InChI=1S/C7H9NO3/c1-5(2)11-7(9)6-3-8-4-10-6/h3-5H,1-2H3. The lowest BCUT2D eigenvalue weighted by atomic mass is 10.4. The van der Waals surface area contributed by atoms with Gasteiger partial charge in [0, 0.05) is 0 Å². The summed E-state index contributed by atoms with van der Waals surface area (Å²) in [5, 5.41) is 0. The molecule has 0 aliphatic rings. The minimum Gasteiger partial charge on any atom is -0.457 e. The molecule has 0 saturated carbocycles. The second kappa shape index (κ2) is 3.18. The number of oxazole rings is 1. The van der Waals surface area contributed by atoms with Crippen molar-refractivity contribution in [1.29, 1.82) is 0 Å². The molecule has 1 rings (SSSR count). The average molecular weight is 155 g/mol. The summed E-state index contributed by atoms with van der Waals surface area (Å²) in [5.41, 5.74) is 0. The third kappa shape index (κ3) is 2.07. The second-order valence-corrected chi connectivity index (χ2v) is 2.32. The summed E-state index contributed by atoms with van der Waals surface area (Å²) in [6, 6.07) is 0. The van der Waals surface area contributed by atoms with Crippen molar-refractivity contribution >= 4 is 5.97 Å². The normalized spacial score (nSPS) is 10.1. The fourth-order valence-electron chi connectivity index (χ4n) is 0.589. The van der Waals surface area contributed by atoms with Gasteiger partial charge in [-0.25, -0.2) is 9.78 Å². The zero-order chi connectivity index (χ0) is 8.27. The third-order valence-corrected chi connectivity index (χ3v) is 0.976. The van der Waals surface area contributed by atoms with E-state index in [0.717, 1.165) is 0 Å². The lowest BCUT2D eigenvalue weighted by molar-refractivity contribution is 0.0341. The number of rotatable bonds is 2. The summed E-state index contributed by atoms with van der Waals surface area (Å²) in [5.74, 6) is -0.337. The monoisotopic (exact) mass is 155 g/mol. The first kappa shape index (κ1) is 7.78. The van der Waals surface area contributed by atoms with Crippen molar-refractivity contribution in [1.82, 2.24) is 4.98 Å². The predicted octanol–water partition coefficient (Wildman–Crippen LogP) is 1.24. The minimum absolute atomic E-state index is 0.132. The van der Waals surface area contributed by atoms with Crippen LogP contribution in [0.4, 0.5) is 0 Å². The van der Waals surface area contributed by atoms with Crippen molar-refractivity contribution in [2.45, 2.75) is 20.0 Å². The number of aromatic nitrogens is 1. The lowest BCUT2D eigenvalue weighted by Gasteiger charge is -2.03. The van der Waals surface area contributed by atoms with E-state index in [1.165, 1.54) is 12.6 Å². The van der Waals surface area contributed by atoms with Crippen LogP contribution in [-0.2, 0) is 4.74 Å². The maximum absolute atomic E-state index is 11.0. The van der Waals surface area contributed by atoms with E-state index >= 15 is 0 Å². The van der Waals surface area contributed by atoms with Crippen LogP contribution in [0.1, 0.15) is 24.4 Å². The van der Waals surface area contributed by atoms with Crippen LogP contribution in [0.5, 0.6) is 0 Å². The molecule has 0 aliphatic carbocycles. The molecule has 1 heterocycles. The summed E-state index contributed by atoms with van der Waals surface area (Å²) in [6.45, 7) is 3.54. The number of hydrogen-bond donors (Lipinski definition) is 0. The minimum atomic E-state index is -0.475. The van der Waals surface area contributed by atoms with Crippen molar-refractivity contribution in [2.75, 3.05) is 0 Å². The molecule has 60 valence electrons. The first-order chi connectivity index (χ1) is 5.20. The van der Waals surface area contributed by atoms with Gasteiger partial charge in [-0.15, -0.1) is 0 Å². The Balaban J connectivity index is 2.57. The Morgan fingerprint density at radius 3 is 2.91 bits per heavy atom. The van der Waals surface area contributed by atoms with Crippen LogP contribution in [0.15, 0.2) is 17.0 Å². The molecule has 0 unspecified atom stereocenters. The van der Waals surface area contributed by atoms with E-state index in [0.29, 0.717) is 0 Å². The molecule has 1 aromatic rings. The number of carbonyl (C=O) groups is 1. The summed E-state index contributed by atoms with van der Waals surface area (Å²) in [7, 11) is 0. The average Bonchev–Trinajstić information content (AvgIpc) is 2.35. The Hall–Kier alpha value is -1.32. The highest BCUT2D eigenvalue weighted by Gasteiger charge is 2.11. The Bertz CT molecular complexity index is 228. The van der Waals surface area contributed by atoms with Crippen LogP contribution >= 0.6 is 0 Å². The van der Waals surface area contributed by atoms with Gasteiger partial charge in [0.25, 0.3) is 0 Å². The van der Waals surface area contributed by atoms with E-state index in [2.05, 4.69) is 4.98 Å². The number of ether oxygens (including phenoxy) is 1. The Labute approximate surface area is 64.2 Å². The van der Waals surface area contributed by atoms with Gasteiger partial charge in [-0.2, -0.15) is 0 Å². The molecular formula is C7H9NO3. The smallest absolute Gasteiger partial charge is 0.376 e. The van der Waals surface area contributed by atoms with Gasteiger partial charge in [-0.3, -0.25) is 0 Å². The molecule has 0 radical (unpaired) electrons. The van der Waals surface area contributed by atoms with Gasteiger partial charge in [-0.05, 0) is 13.8 Å². The summed E-state index contributed by atoms with van der Waals surface area (Å²) >= 11 is 0. The van der Waals surface area contributed by atoms with E-state index in [1.807, 2.05) is 0 Å². The van der Waals surface area contributed by atoms with Crippen LogP contribution < -0.4 is 0 Å². The first-order valence-electron chi connectivity index (χ1n) is 3.29. The maximum atomic E-state index is 11.0. The molecule has 0 spiro atoms. The summed E-state index contributed by atoms with van der Waals surface area (Å²) < 4.78 is 9.53. The highest BCUT2D eigenvalue weighted by molar-refractivity contribution is 5.85. The largest absolute Gasteiger partial charge is 0.457 e. The van der Waals surface area contributed by atoms with E-state index in [1.54, 1.807) is 13.8 Å². The lowest BCUT2D eigenvalue weighted by Crippen LogP contribution is -2.10. The van der Waals surface area contributed by atoms with E-state index in [-0.39, 0.29) is 11.9 Å². The highest BCUT2D eigenvalue weighted by Crippen LogP contribution is 2.01. The second-order valence-electron chi connectivity index (χ2n) is 2.32. The first-order valence-corrected chi connectivity index (χ1v) is 3.29. The van der Waals surface area contributed by atoms with Gasteiger partial charge in [0.2, 0.25) is 5.76 Å². The van der Waals surface area contributed by atoms with Crippen LogP contribution in [0, 0.1) is 0 Å². The Kier molecular flexibility index (Phi) is 2.25. The molecule has 0 aromatic carbocycles. The van der Waals surface area contributed by atoms with Gasteiger partial charge in [0.05, 0.1) is 12.3 Å². The fraction of sp³-hybridized carbons (Fsp3) is 0.429. The Morgan fingerprint density at radius 2 is 2.45 bits per heavy atom. The van der Waals surface area contributed by atoms with Crippen LogP contribution in [-0.4, -0.2) is 17.1 Å². The number of esters is 1. The molecule has 4 nitrogen and oxygen atoms in total. The molecule has 0 atom stereocenters. The van der Waals surface area contributed by atoms with Crippen molar-refractivity contribution in [3.05, 3.63) is 18.4 Å². The summed E-state index contributed by atoms with van der Waals surface area (Å²) in [6.07, 6.45) is 2.38. The van der Waals surface area contributed by atoms with Crippen molar-refractivity contribution in [3.8, 4) is 0 Å². The van der Waals surface area contributed by atoms with Crippen molar-refractivity contribution in [2.24, 2.45) is 0 Å². The van der Waals surface area contributed by atoms with Crippen LogP contribution in [0.3, 0.4) is 0 Å². The molecular weight excluding hydrogens is 146 g/mol. The molecule has 0 amide bonds. The fourth-order valence-corrected chi connectivity index (χ4v) is 0.589. The molecule has 0 saturated heterocycles. The predicted molar refractivity (Wildman–Crippen MR) is 37.1 cm³/mol. The zero-order valence-corrected chi connectivity index (χ0v) is 6.40. The topological polar surface area (TPSA) is 52.3 Å². The zero-order valence-electron chi connectivity index (χ0n) is 6.40. The molecule has 1 aromatic heterocycles. The molecule has 0 fully saturated rings. The molecule has 0 aliphatic heterocycles. The van der Waals surface area contributed by atoms with Gasteiger partial charge < -0.3 is 9.15 Å². The van der Waals surface area contributed by atoms with Gasteiger partial charge in [-0.1, -0.05) is 0 Å². The molecule has 0 N–H and O–H groups in total. The SMILES string of the molecule is CC(C)OC(=O)c1cnco1. The van der Waals surface area contributed by atoms with Gasteiger partial charge in [0.15, 0.2) is 6.39 Å². The van der Waals surface area contributed by atoms with Crippen LogP contribution in [0.2, 0.25) is 0 Å².